The Balaban J connectivity index is 1.11. The van der Waals surface area contributed by atoms with E-state index in [0.29, 0.717) is 28.0 Å². The van der Waals surface area contributed by atoms with E-state index in [2.05, 4.69) is 10.2 Å². The Labute approximate surface area is 336 Å². The summed E-state index contributed by atoms with van der Waals surface area (Å²) in [5.41, 5.74) is 3.42. The Hall–Kier alpha value is -5.91. The SMILES string of the molecule is CN(C)c1ccc(N=Nc2ccc(N3C(=O)[C@H]4[C@H](CC=C5[C@H]4C[C@@]4(Cl)C(=O)N(c6ccc(F)cc6)C(=O)[C@@]4(Cl)[C@H]5c4c(O)ccc5ccccc45)C3=O)cc2)cc1. The number of carbonyl (C=O) groups excluding carboxylic acids is 4. The number of anilines is 3. The lowest BCUT2D eigenvalue weighted by molar-refractivity contribution is -0.125. The number of aromatic hydroxyl groups is 1. The number of amides is 4. The second-order valence-corrected chi connectivity index (χ2v) is 16.4. The third-order valence-electron chi connectivity index (χ3n) is 11.9. The molecule has 1 saturated carbocycles. The molecule has 6 atom stereocenters. The van der Waals surface area contributed by atoms with E-state index in [4.69, 9.17) is 23.2 Å². The maximum absolute atomic E-state index is 14.8. The number of phenolic OH excluding ortho intramolecular Hbond substituents is 1. The molecule has 286 valence electrons. The second-order valence-electron chi connectivity index (χ2n) is 15.1. The first-order valence-electron chi connectivity index (χ1n) is 18.4. The van der Waals surface area contributed by atoms with Gasteiger partial charge >= 0.3 is 0 Å². The number of allylic oxidation sites excluding steroid dienone is 2. The Kier molecular flexibility index (Phi) is 8.60. The molecule has 2 aliphatic carbocycles. The summed E-state index contributed by atoms with van der Waals surface area (Å²) in [7, 11) is 3.90. The average Bonchev–Trinajstić information content (AvgIpc) is 3.55. The third kappa shape index (κ3) is 5.43. The minimum Gasteiger partial charge on any atom is -0.508 e. The maximum Gasteiger partial charge on any atom is 0.258 e. The quantitative estimate of drug-likeness (QED) is 0.0792. The van der Waals surface area contributed by atoms with Crippen molar-refractivity contribution in [3.63, 3.8) is 0 Å². The molecule has 0 radical (unpaired) electrons. The van der Waals surface area contributed by atoms with E-state index in [1.165, 1.54) is 18.2 Å². The van der Waals surface area contributed by atoms with Gasteiger partial charge in [-0.2, -0.15) is 10.2 Å². The number of azo groups is 1. The van der Waals surface area contributed by atoms with Crippen LogP contribution in [0.15, 0.2) is 131 Å². The Morgan fingerprint density at radius 1 is 0.737 bits per heavy atom. The third-order valence-corrected chi connectivity index (χ3v) is 13.3. The van der Waals surface area contributed by atoms with Crippen LogP contribution in [0.5, 0.6) is 5.75 Å². The zero-order chi connectivity index (χ0) is 40.0. The molecule has 13 heteroatoms. The summed E-state index contributed by atoms with van der Waals surface area (Å²) in [5.74, 6) is -7.10. The first-order valence-corrected chi connectivity index (χ1v) is 19.2. The number of halogens is 3. The van der Waals surface area contributed by atoms with Gasteiger partial charge in [-0.15, -0.1) is 23.2 Å². The van der Waals surface area contributed by atoms with Crippen molar-refractivity contribution in [2.24, 2.45) is 28.0 Å². The highest BCUT2D eigenvalue weighted by Crippen LogP contribution is 2.67. The fraction of sp³-hybridized carbons (Fsp3) is 0.227. The smallest absolute Gasteiger partial charge is 0.258 e. The number of rotatable bonds is 6. The van der Waals surface area contributed by atoms with E-state index in [0.717, 1.165) is 33.0 Å². The maximum atomic E-state index is 14.8. The summed E-state index contributed by atoms with van der Waals surface area (Å²) in [5, 5.41) is 21.6. The molecule has 2 aliphatic heterocycles. The lowest BCUT2D eigenvalue weighted by atomic mass is 9.56. The van der Waals surface area contributed by atoms with Gasteiger partial charge in [0.25, 0.3) is 11.8 Å². The predicted molar refractivity (Wildman–Crippen MR) is 216 cm³/mol. The van der Waals surface area contributed by atoms with Crippen LogP contribution in [-0.4, -0.2) is 52.6 Å². The van der Waals surface area contributed by atoms with Crippen LogP contribution in [0, 0.1) is 23.6 Å². The van der Waals surface area contributed by atoms with Crippen molar-refractivity contribution < 1.29 is 28.7 Å². The molecule has 3 fully saturated rings. The van der Waals surface area contributed by atoms with Crippen LogP contribution in [0.25, 0.3) is 10.8 Å². The predicted octanol–water partition coefficient (Wildman–Crippen LogP) is 8.93. The van der Waals surface area contributed by atoms with Gasteiger partial charge in [-0.25, -0.2) is 9.29 Å². The fourth-order valence-corrected chi connectivity index (χ4v) is 10.1. The summed E-state index contributed by atoms with van der Waals surface area (Å²) < 4.78 is 14.0. The summed E-state index contributed by atoms with van der Waals surface area (Å²) in [6.45, 7) is 0. The summed E-state index contributed by atoms with van der Waals surface area (Å²) in [4.78, 5) is 57.9. The summed E-state index contributed by atoms with van der Waals surface area (Å²) in [6.07, 6.45) is 1.71. The van der Waals surface area contributed by atoms with Gasteiger partial charge in [0.15, 0.2) is 9.75 Å². The molecular formula is C44H34Cl2FN5O5. The summed E-state index contributed by atoms with van der Waals surface area (Å²) in [6, 6.07) is 29.5. The van der Waals surface area contributed by atoms with Crippen LogP contribution >= 0.6 is 23.2 Å². The van der Waals surface area contributed by atoms with Gasteiger partial charge in [-0.3, -0.25) is 24.1 Å². The van der Waals surface area contributed by atoms with Gasteiger partial charge in [-0.1, -0.05) is 42.0 Å². The highest BCUT2D eigenvalue weighted by molar-refractivity contribution is 6.58. The van der Waals surface area contributed by atoms with Gasteiger partial charge in [0.05, 0.1) is 34.6 Å². The molecule has 2 heterocycles. The summed E-state index contributed by atoms with van der Waals surface area (Å²) >= 11 is 15.1. The molecule has 5 aromatic rings. The van der Waals surface area contributed by atoms with Crippen molar-refractivity contribution in [2.75, 3.05) is 28.8 Å². The van der Waals surface area contributed by atoms with Crippen molar-refractivity contribution in [3.8, 4) is 5.75 Å². The first kappa shape index (κ1) is 36.7. The van der Waals surface area contributed by atoms with E-state index < -0.39 is 62.9 Å². The number of imide groups is 2. The van der Waals surface area contributed by atoms with E-state index in [9.17, 15) is 28.7 Å². The molecule has 5 aromatic carbocycles. The normalized spacial score (nSPS) is 26.9. The number of nitrogens with zero attached hydrogens (tertiary/aromatic N) is 5. The van der Waals surface area contributed by atoms with Crippen LogP contribution in [0.4, 0.5) is 32.8 Å². The van der Waals surface area contributed by atoms with E-state index in [1.54, 1.807) is 42.5 Å². The van der Waals surface area contributed by atoms with Gasteiger partial charge < -0.3 is 10.0 Å². The molecule has 0 spiro atoms. The molecule has 0 unspecified atom stereocenters. The Bertz CT molecular complexity index is 2580. The Morgan fingerprint density at radius 2 is 1.35 bits per heavy atom. The largest absolute Gasteiger partial charge is 0.508 e. The van der Waals surface area contributed by atoms with Crippen molar-refractivity contribution in [1.29, 1.82) is 0 Å². The van der Waals surface area contributed by atoms with Gasteiger partial charge in [0.1, 0.15) is 11.6 Å². The molecular weight excluding hydrogens is 768 g/mol. The standard InChI is InChI=1S/C44H34Cl2FN5O5/c1-50(2)28-16-10-26(11-17-28)48-49-27-12-18-29(19-13-27)51-39(54)33-21-20-32-34(36(33)40(51)55)23-43(45)41(56)52(30-14-8-25(47)9-15-30)42(57)44(43,46)38(32)37-31-6-4-3-5-24(31)7-22-35(37)53/h3-20,22,33-34,36,38,53H,21,23H2,1-2H3/t33-,34+,36-,38+,43+,44-/m0/s1. The van der Waals surface area contributed by atoms with Crippen LogP contribution in [-0.2, 0) is 19.2 Å². The molecule has 2 saturated heterocycles. The molecule has 1 N–H and O–H groups in total. The van der Waals surface area contributed by atoms with E-state index in [1.807, 2.05) is 61.5 Å². The number of benzene rings is 5. The molecule has 57 heavy (non-hydrogen) atoms. The number of carbonyl (C=O) groups is 4. The van der Waals surface area contributed by atoms with Crippen molar-refractivity contribution in [3.05, 3.63) is 132 Å². The van der Waals surface area contributed by atoms with Crippen LogP contribution in [0.2, 0.25) is 0 Å². The highest BCUT2D eigenvalue weighted by Gasteiger charge is 2.77. The van der Waals surface area contributed by atoms with E-state index >= 15 is 0 Å². The molecule has 4 amide bonds. The molecule has 4 aliphatic rings. The number of hydrogen-bond donors (Lipinski definition) is 1. The molecule has 0 bridgehead atoms. The van der Waals surface area contributed by atoms with Crippen LogP contribution < -0.4 is 14.7 Å². The van der Waals surface area contributed by atoms with Gasteiger partial charge in [0.2, 0.25) is 11.8 Å². The number of alkyl halides is 2. The second kappa shape index (κ2) is 13.3. The van der Waals surface area contributed by atoms with Gasteiger partial charge in [0, 0.05) is 31.3 Å². The molecule has 0 aromatic heterocycles. The number of fused-ring (bicyclic) bond motifs is 5. The van der Waals surface area contributed by atoms with Crippen molar-refractivity contribution >= 4 is 86.0 Å². The number of phenols is 1. The molecule has 9 rings (SSSR count). The highest BCUT2D eigenvalue weighted by atomic mass is 35.5. The fourth-order valence-electron chi connectivity index (χ4n) is 9.16. The zero-order valence-corrected chi connectivity index (χ0v) is 32.2. The van der Waals surface area contributed by atoms with Crippen molar-refractivity contribution in [1.82, 2.24) is 0 Å². The minimum atomic E-state index is -2.19. The topological polar surface area (TPSA) is 123 Å². The van der Waals surface area contributed by atoms with Crippen LogP contribution in [0.3, 0.4) is 0 Å². The zero-order valence-electron chi connectivity index (χ0n) is 30.6. The monoisotopic (exact) mass is 801 g/mol. The average molecular weight is 803 g/mol. The lowest BCUT2D eigenvalue weighted by Crippen LogP contribution is -2.60. The lowest BCUT2D eigenvalue weighted by Gasteiger charge is -2.51. The van der Waals surface area contributed by atoms with Crippen LogP contribution in [0.1, 0.15) is 24.3 Å². The van der Waals surface area contributed by atoms with Gasteiger partial charge in [-0.05, 0) is 108 Å². The minimum absolute atomic E-state index is 0.0695. The van der Waals surface area contributed by atoms with Crippen molar-refractivity contribution in [2.45, 2.75) is 28.5 Å². The van der Waals surface area contributed by atoms with E-state index in [-0.39, 0.29) is 29.8 Å². The first-order chi connectivity index (χ1) is 27.3. The Morgan fingerprint density at radius 3 is 2.02 bits per heavy atom. The number of hydrogen-bond acceptors (Lipinski definition) is 8. The molecule has 10 nitrogen and oxygen atoms in total.